The molecule has 3 unspecified atom stereocenters. The second-order valence-corrected chi connectivity index (χ2v) is 9.70. The first-order valence-electron chi connectivity index (χ1n) is 9.00. The van der Waals surface area contributed by atoms with E-state index in [1.807, 2.05) is 48.5 Å². The lowest BCUT2D eigenvalue weighted by Gasteiger charge is -2.35. The highest BCUT2D eigenvalue weighted by Crippen LogP contribution is 2.51. The van der Waals surface area contributed by atoms with Gasteiger partial charge in [-0.2, -0.15) is 5.10 Å². The van der Waals surface area contributed by atoms with Crippen molar-refractivity contribution in [2.75, 3.05) is 6.54 Å². The largest absolute Gasteiger partial charge is 0.309 e. The molecule has 142 valence electrons. The molecule has 7 heteroatoms. The van der Waals surface area contributed by atoms with Crippen molar-refractivity contribution in [3.63, 3.8) is 0 Å². The van der Waals surface area contributed by atoms with Crippen LogP contribution in [0.4, 0.5) is 0 Å². The van der Waals surface area contributed by atoms with Crippen LogP contribution in [-0.2, 0) is 10.0 Å². The molecule has 6 nitrogen and oxygen atoms in total. The van der Waals surface area contributed by atoms with Gasteiger partial charge in [0.05, 0.1) is 11.7 Å². The van der Waals surface area contributed by atoms with Crippen molar-refractivity contribution in [3.05, 3.63) is 65.9 Å². The van der Waals surface area contributed by atoms with Gasteiger partial charge >= 0.3 is 0 Å². The van der Waals surface area contributed by atoms with E-state index < -0.39 is 15.3 Å². The Morgan fingerprint density at radius 1 is 1.19 bits per heavy atom. The lowest BCUT2D eigenvalue weighted by atomic mass is 9.73. The fourth-order valence-electron chi connectivity index (χ4n) is 4.38. The summed E-state index contributed by atoms with van der Waals surface area (Å²) >= 11 is 0. The fraction of sp³-hybridized carbons (Fsp3) is 0.350. The summed E-state index contributed by atoms with van der Waals surface area (Å²) in [5.74, 6) is -0.209. The Labute approximate surface area is 159 Å². The Bertz CT molecular complexity index is 1060. The number of primary sulfonamides is 1. The summed E-state index contributed by atoms with van der Waals surface area (Å²) in [4.78, 5) is 0. The SMILES string of the molecule is CC1(C)CNC(c2ccccc2)C1C(c1ccc2[nH]ncc2c1)S(N)(=O)=O. The van der Waals surface area contributed by atoms with Crippen LogP contribution >= 0.6 is 0 Å². The van der Waals surface area contributed by atoms with Gasteiger partial charge in [0.2, 0.25) is 10.0 Å². The first-order valence-corrected chi connectivity index (χ1v) is 10.6. The zero-order chi connectivity index (χ0) is 19.2. The second kappa shape index (κ2) is 6.44. The summed E-state index contributed by atoms with van der Waals surface area (Å²) in [5, 5.41) is 16.3. The van der Waals surface area contributed by atoms with Gasteiger partial charge in [0, 0.05) is 23.9 Å². The van der Waals surface area contributed by atoms with E-state index in [1.54, 1.807) is 6.20 Å². The molecule has 1 aliphatic heterocycles. The van der Waals surface area contributed by atoms with Crippen molar-refractivity contribution in [2.24, 2.45) is 16.5 Å². The smallest absolute Gasteiger partial charge is 0.216 e. The third kappa shape index (κ3) is 3.26. The average molecular weight is 385 g/mol. The van der Waals surface area contributed by atoms with Gasteiger partial charge in [-0.15, -0.1) is 0 Å². The highest BCUT2D eigenvalue weighted by atomic mass is 32.2. The Morgan fingerprint density at radius 3 is 2.63 bits per heavy atom. The van der Waals surface area contributed by atoms with Crippen LogP contribution in [0.3, 0.4) is 0 Å². The molecular formula is C20H24N4O2S. The maximum absolute atomic E-state index is 12.8. The van der Waals surface area contributed by atoms with Crippen LogP contribution in [0.25, 0.3) is 10.9 Å². The monoisotopic (exact) mass is 384 g/mol. The van der Waals surface area contributed by atoms with Crippen molar-refractivity contribution in [3.8, 4) is 0 Å². The third-order valence-electron chi connectivity index (χ3n) is 5.67. The molecule has 4 N–H and O–H groups in total. The number of hydrogen-bond donors (Lipinski definition) is 3. The van der Waals surface area contributed by atoms with Crippen LogP contribution in [0.2, 0.25) is 0 Å². The van der Waals surface area contributed by atoms with E-state index in [-0.39, 0.29) is 17.4 Å². The minimum absolute atomic E-state index is 0.0930. The van der Waals surface area contributed by atoms with Crippen LogP contribution in [-0.4, -0.2) is 25.2 Å². The number of hydrogen-bond acceptors (Lipinski definition) is 4. The van der Waals surface area contributed by atoms with Crippen LogP contribution in [0.5, 0.6) is 0 Å². The van der Waals surface area contributed by atoms with E-state index in [0.29, 0.717) is 5.56 Å². The lowest BCUT2D eigenvalue weighted by molar-refractivity contribution is 0.248. The molecule has 1 aromatic heterocycles. The molecule has 1 saturated heterocycles. The van der Waals surface area contributed by atoms with Crippen molar-refractivity contribution in [1.29, 1.82) is 0 Å². The van der Waals surface area contributed by atoms with Gasteiger partial charge in [-0.1, -0.05) is 50.2 Å². The standard InChI is InChI=1S/C20H24N4O2S/c1-20(2)12-22-18(13-6-4-3-5-7-13)17(20)19(27(21,25)26)14-8-9-16-15(10-14)11-23-24-16/h3-11,17-19,22H,12H2,1-2H3,(H,23,24)(H2,21,25,26). The average Bonchev–Trinajstić information content (AvgIpc) is 3.19. The Hall–Kier alpha value is -2.22. The fourth-order valence-corrected chi connectivity index (χ4v) is 5.84. The van der Waals surface area contributed by atoms with Gasteiger partial charge in [-0.25, -0.2) is 13.6 Å². The van der Waals surface area contributed by atoms with Crippen LogP contribution < -0.4 is 10.5 Å². The number of nitrogens with zero attached hydrogens (tertiary/aromatic N) is 1. The van der Waals surface area contributed by atoms with Crippen LogP contribution in [0.1, 0.15) is 36.3 Å². The molecule has 0 spiro atoms. The predicted molar refractivity (Wildman–Crippen MR) is 106 cm³/mol. The molecule has 0 aliphatic carbocycles. The molecule has 2 heterocycles. The predicted octanol–water partition coefficient (Wildman–Crippen LogP) is 2.88. The Balaban J connectivity index is 1.87. The quantitative estimate of drug-likeness (QED) is 0.644. The van der Waals surface area contributed by atoms with Gasteiger partial charge in [0.25, 0.3) is 0 Å². The zero-order valence-corrected chi connectivity index (χ0v) is 16.2. The van der Waals surface area contributed by atoms with E-state index in [0.717, 1.165) is 23.0 Å². The second-order valence-electron chi connectivity index (χ2n) is 8.01. The molecular weight excluding hydrogens is 360 g/mol. The number of aromatic amines is 1. The summed E-state index contributed by atoms with van der Waals surface area (Å²) in [6.07, 6.45) is 1.70. The number of nitrogens with one attached hydrogen (secondary N) is 2. The van der Waals surface area contributed by atoms with Crippen molar-refractivity contribution >= 4 is 20.9 Å². The van der Waals surface area contributed by atoms with E-state index in [2.05, 4.69) is 29.4 Å². The van der Waals surface area contributed by atoms with Gasteiger partial charge in [0.15, 0.2) is 0 Å². The van der Waals surface area contributed by atoms with E-state index in [4.69, 9.17) is 5.14 Å². The zero-order valence-electron chi connectivity index (χ0n) is 15.4. The summed E-state index contributed by atoms with van der Waals surface area (Å²) in [6, 6.07) is 15.5. The van der Waals surface area contributed by atoms with E-state index in [1.165, 1.54) is 0 Å². The summed E-state index contributed by atoms with van der Waals surface area (Å²) < 4.78 is 25.6. The molecule has 0 radical (unpaired) electrons. The summed E-state index contributed by atoms with van der Waals surface area (Å²) in [6.45, 7) is 4.92. The minimum atomic E-state index is -3.84. The van der Waals surface area contributed by atoms with Gasteiger partial charge in [-0.05, 0) is 28.7 Å². The Morgan fingerprint density at radius 2 is 1.93 bits per heavy atom. The number of nitrogens with two attached hydrogens (primary N) is 1. The first-order chi connectivity index (χ1) is 12.8. The van der Waals surface area contributed by atoms with E-state index in [9.17, 15) is 8.42 Å². The van der Waals surface area contributed by atoms with Crippen LogP contribution in [0, 0.1) is 11.3 Å². The number of H-pyrrole nitrogens is 1. The maximum Gasteiger partial charge on any atom is 0.216 e. The van der Waals surface area contributed by atoms with Gasteiger partial charge in [0.1, 0.15) is 5.25 Å². The van der Waals surface area contributed by atoms with Crippen LogP contribution in [0.15, 0.2) is 54.7 Å². The molecule has 0 saturated carbocycles. The third-order valence-corrected chi connectivity index (χ3v) is 6.94. The highest BCUT2D eigenvalue weighted by Gasteiger charge is 2.50. The minimum Gasteiger partial charge on any atom is -0.309 e. The first kappa shape index (κ1) is 18.2. The highest BCUT2D eigenvalue weighted by molar-refractivity contribution is 7.89. The lowest BCUT2D eigenvalue weighted by Crippen LogP contribution is -2.36. The molecule has 4 rings (SSSR count). The van der Waals surface area contributed by atoms with Crippen molar-refractivity contribution in [1.82, 2.24) is 15.5 Å². The molecule has 2 aromatic carbocycles. The number of rotatable bonds is 4. The summed E-state index contributed by atoms with van der Waals surface area (Å²) in [5.41, 5.74) is 2.40. The molecule has 1 aliphatic rings. The number of sulfonamides is 1. The van der Waals surface area contributed by atoms with Crippen molar-refractivity contribution in [2.45, 2.75) is 25.1 Å². The van der Waals surface area contributed by atoms with E-state index >= 15 is 0 Å². The van der Waals surface area contributed by atoms with Crippen molar-refractivity contribution < 1.29 is 8.42 Å². The van der Waals surface area contributed by atoms with Gasteiger partial charge < -0.3 is 5.32 Å². The molecule has 3 aromatic rings. The van der Waals surface area contributed by atoms with Gasteiger partial charge in [-0.3, -0.25) is 5.10 Å². The molecule has 1 fully saturated rings. The normalized spacial score (nSPS) is 23.5. The maximum atomic E-state index is 12.8. The Kier molecular flexibility index (Phi) is 4.33. The molecule has 27 heavy (non-hydrogen) atoms. The number of benzene rings is 2. The number of aromatic nitrogens is 2. The molecule has 3 atom stereocenters. The molecule has 0 amide bonds. The number of fused-ring (bicyclic) bond motifs is 1. The topological polar surface area (TPSA) is 101 Å². The molecule has 0 bridgehead atoms. The summed E-state index contributed by atoms with van der Waals surface area (Å²) in [7, 11) is -3.84.